The van der Waals surface area contributed by atoms with E-state index in [1.807, 2.05) is 26.8 Å². The standard InChI is InChI=1S/C15H26N4O2/c1-4-16-12-9-14(18-13(17-12)10-21-5-2)19-8-6-7-15(3,20)11-19/h9,20H,4-8,10-11H2,1-3H3,(H,16,17,18). The van der Waals surface area contributed by atoms with Crippen LogP contribution in [0.3, 0.4) is 0 Å². The van der Waals surface area contributed by atoms with Crippen LogP contribution in [0.25, 0.3) is 0 Å². The minimum atomic E-state index is -0.651. The van der Waals surface area contributed by atoms with Crippen molar-refractivity contribution in [2.24, 2.45) is 0 Å². The Morgan fingerprint density at radius 2 is 2.24 bits per heavy atom. The Morgan fingerprint density at radius 3 is 2.90 bits per heavy atom. The third-order valence-electron chi connectivity index (χ3n) is 3.55. The molecule has 1 unspecified atom stereocenters. The van der Waals surface area contributed by atoms with Gasteiger partial charge in [-0.05, 0) is 33.6 Å². The van der Waals surface area contributed by atoms with Gasteiger partial charge in [-0.2, -0.15) is 0 Å². The highest BCUT2D eigenvalue weighted by molar-refractivity contribution is 5.50. The first-order valence-electron chi connectivity index (χ1n) is 7.71. The summed E-state index contributed by atoms with van der Waals surface area (Å²) in [7, 11) is 0. The van der Waals surface area contributed by atoms with Gasteiger partial charge in [0.15, 0.2) is 5.82 Å². The lowest BCUT2D eigenvalue weighted by molar-refractivity contribution is 0.0446. The fraction of sp³-hybridized carbons (Fsp3) is 0.733. The second kappa shape index (κ2) is 7.04. The van der Waals surface area contributed by atoms with Gasteiger partial charge in [0.2, 0.25) is 0 Å². The summed E-state index contributed by atoms with van der Waals surface area (Å²) in [4.78, 5) is 11.2. The number of β-amino-alcohol motifs (C(OH)–C–C–N with tert-alkyl or cyclic N) is 1. The van der Waals surface area contributed by atoms with Gasteiger partial charge in [-0.3, -0.25) is 0 Å². The number of piperidine rings is 1. The molecule has 0 aliphatic carbocycles. The van der Waals surface area contributed by atoms with Crippen LogP contribution in [-0.2, 0) is 11.3 Å². The highest BCUT2D eigenvalue weighted by Gasteiger charge is 2.29. The summed E-state index contributed by atoms with van der Waals surface area (Å²) in [5.74, 6) is 2.34. The maximum Gasteiger partial charge on any atom is 0.158 e. The largest absolute Gasteiger partial charge is 0.388 e. The van der Waals surface area contributed by atoms with Crippen molar-refractivity contribution in [1.29, 1.82) is 0 Å². The average molecular weight is 294 g/mol. The number of ether oxygens (including phenoxy) is 1. The molecule has 0 amide bonds. The molecular weight excluding hydrogens is 268 g/mol. The molecule has 0 aromatic carbocycles. The molecule has 0 saturated carbocycles. The Kier molecular flexibility index (Phi) is 5.36. The molecule has 1 saturated heterocycles. The summed E-state index contributed by atoms with van der Waals surface area (Å²) in [5.41, 5.74) is -0.651. The van der Waals surface area contributed by atoms with E-state index in [0.29, 0.717) is 25.6 Å². The number of nitrogens with zero attached hydrogens (tertiary/aromatic N) is 3. The number of nitrogens with one attached hydrogen (secondary N) is 1. The molecule has 2 N–H and O–H groups in total. The van der Waals surface area contributed by atoms with Crippen molar-refractivity contribution in [3.05, 3.63) is 11.9 Å². The molecule has 1 aromatic rings. The highest BCUT2D eigenvalue weighted by Crippen LogP contribution is 2.25. The SMILES string of the molecule is CCNc1cc(N2CCCC(C)(O)C2)nc(COCC)n1. The molecule has 2 rings (SSSR count). The lowest BCUT2D eigenvalue weighted by Crippen LogP contribution is -2.46. The predicted molar refractivity (Wildman–Crippen MR) is 83.6 cm³/mol. The van der Waals surface area contributed by atoms with Gasteiger partial charge in [0.05, 0.1) is 5.60 Å². The summed E-state index contributed by atoms with van der Waals surface area (Å²) in [5, 5.41) is 13.5. The van der Waals surface area contributed by atoms with Crippen LogP contribution in [-0.4, -0.2) is 46.9 Å². The first kappa shape index (κ1) is 16.0. The van der Waals surface area contributed by atoms with Gasteiger partial charge in [-0.25, -0.2) is 9.97 Å². The van der Waals surface area contributed by atoms with E-state index in [4.69, 9.17) is 4.74 Å². The van der Waals surface area contributed by atoms with E-state index in [2.05, 4.69) is 20.2 Å². The van der Waals surface area contributed by atoms with Crippen molar-refractivity contribution in [3.63, 3.8) is 0 Å². The normalized spacial score (nSPS) is 22.4. The quantitative estimate of drug-likeness (QED) is 0.833. The first-order valence-corrected chi connectivity index (χ1v) is 7.71. The zero-order chi connectivity index (χ0) is 15.3. The first-order chi connectivity index (χ1) is 10.0. The van der Waals surface area contributed by atoms with Crippen LogP contribution in [0.2, 0.25) is 0 Å². The number of aromatic nitrogens is 2. The zero-order valence-corrected chi connectivity index (χ0v) is 13.2. The van der Waals surface area contributed by atoms with Gasteiger partial charge in [-0.1, -0.05) is 0 Å². The summed E-state index contributed by atoms with van der Waals surface area (Å²) in [6.45, 7) is 9.24. The number of rotatable bonds is 6. The summed E-state index contributed by atoms with van der Waals surface area (Å²) in [6, 6.07) is 1.94. The van der Waals surface area contributed by atoms with Crippen molar-refractivity contribution in [3.8, 4) is 0 Å². The van der Waals surface area contributed by atoms with Gasteiger partial charge in [-0.15, -0.1) is 0 Å². The maximum absolute atomic E-state index is 10.3. The average Bonchev–Trinajstić information content (AvgIpc) is 2.44. The highest BCUT2D eigenvalue weighted by atomic mass is 16.5. The lowest BCUT2D eigenvalue weighted by Gasteiger charge is -2.37. The van der Waals surface area contributed by atoms with Crippen LogP contribution in [0.15, 0.2) is 6.07 Å². The van der Waals surface area contributed by atoms with E-state index in [-0.39, 0.29) is 0 Å². The third kappa shape index (κ3) is 4.54. The molecule has 1 atom stereocenters. The van der Waals surface area contributed by atoms with Gasteiger partial charge >= 0.3 is 0 Å². The topological polar surface area (TPSA) is 70.5 Å². The molecule has 1 aromatic heterocycles. The van der Waals surface area contributed by atoms with Crippen molar-refractivity contribution < 1.29 is 9.84 Å². The molecule has 1 aliphatic heterocycles. The lowest BCUT2D eigenvalue weighted by atomic mass is 9.95. The van der Waals surface area contributed by atoms with Crippen molar-refractivity contribution in [1.82, 2.24) is 9.97 Å². The Balaban J connectivity index is 2.21. The van der Waals surface area contributed by atoms with Crippen molar-refractivity contribution in [2.45, 2.75) is 45.8 Å². The molecule has 118 valence electrons. The van der Waals surface area contributed by atoms with Crippen LogP contribution >= 0.6 is 0 Å². The minimum Gasteiger partial charge on any atom is -0.388 e. The molecule has 2 heterocycles. The van der Waals surface area contributed by atoms with E-state index < -0.39 is 5.60 Å². The molecule has 6 nitrogen and oxygen atoms in total. The predicted octanol–water partition coefficient (Wildman–Crippen LogP) is 1.80. The number of hydrogen-bond acceptors (Lipinski definition) is 6. The third-order valence-corrected chi connectivity index (χ3v) is 3.55. The maximum atomic E-state index is 10.3. The Labute approximate surface area is 126 Å². The number of hydrogen-bond donors (Lipinski definition) is 2. The molecule has 6 heteroatoms. The zero-order valence-electron chi connectivity index (χ0n) is 13.2. The number of aliphatic hydroxyl groups is 1. The molecule has 1 aliphatic rings. The van der Waals surface area contributed by atoms with Crippen LogP contribution in [0, 0.1) is 0 Å². The van der Waals surface area contributed by atoms with E-state index >= 15 is 0 Å². The van der Waals surface area contributed by atoms with Gasteiger partial charge in [0.25, 0.3) is 0 Å². The van der Waals surface area contributed by atoms with E-state index in [0.717, 1.165) is 37.6 Å². The van der Waals surface area contributed by atoms with Crippen molar-refractivity contribution >= 4 is 11.6 Å². The molecule has 0 radical (unpaired) electrons. The van der Waals surface area contributed by atoms with Crippen LogP contribution < -0.4 is 10.2 Å². The van der Waals surface area contributed by atoms with Crippen molar-refractivity contribution in [2.75, 3.05) is 36.5 Å². The van der Waals surface area contributed by atoms with Gasteiger partial charge in [0.1, 0.15) is 18.2 Å². The Hall–Kier alpha value is -1.40. The molecule has 0 spiro atoms. The molecule has 1 fully saturated rings. The smallest absolute Gasteiger partial charge is 0.158 e. The van der Waals surface area contributed by atoms with Crippen LogP contribution in [0.4, 0.5) is 11.6 Å². The van der Waals surface area contributed by atoms with Gasteiger partial charge < -0.3 is 20.1 Å². The summed E-state index contributed by atoms with van der Waals surface area (Å²) < 4.78 is 5.42. The molecule has 21 heavy (non-hydrogen) atoms. The Morgan fingerprint density at radius 1 is 1.43 bits per heavy atom. The molecular formula is C15H26N4O2. The Bertz CT molecular complexity index is 465. The molecule has 0 bridgehead atoms. The van der Waals surface area contributed by atoms with Gasteiger partial charge in [0, 0.05) is 32.3 Å². The fourth-order valence-corrected chi connectivity index (χ4v) is 2.59. The summed E-state index contributed by atoms with van der Waals surface area (Å²) in [6.07, 6.45) is 1.80. The van der Waals surface area contributed by atoms with E-state index in [9.17, 15) is 5.11 Å². The second-order valence-electron chi connectivity index (χ2n) is 5.72. The monoisotopic (exact) mass is 294 g/mol. The summed E-state index contributed by atoms with van der Waals surface area (Å²) >= 11 is 0. The van der Waals surface area contributed by atoms with Crippen LogP contribution in [0.5, 0.6) is 0 Å². The van der Waals surface area contributed by atoms with E-state index in [1.54, 1.807) is 0 Å². The van der Waals surface area contributed by atoms with E-state index in [1.165, 1.54) is 0 Å². The second-order valence-corrected chi connectivity index (χ2v) is 5.72. The number of anilines is 2. The fourth-order valence-electron chi connectivity index (χ4n) is 2.59. The van der Waals surface area contributed by atoms with Crippen LogP contribution in [0.1, 0.15) is 39.4 Å². The minimum absolute atomic E-state index is 0.410.